The molecule has 1 aliphatic carbocycles. The van der Waals surface area contributed by atoms with Gasteiger partial charge >= 0.3 is 0 Å². The van der Waals surface area contributed by atoms with Gasteiger partial charge in [0.25, 0.3) is 0 Å². The van der Waals surface area contributed by atoms with Gasteiger partial charge in [0.2, 0.25) is 5.91 Å². The van der Waals surface area contributed by atoms with E-state index in [1.807, 2.05) is 30.3 Å². The van der Waals surface area contributed by atoms with Crippen molar-refractivity contribution in [2.75, 3.05) is 7.05 Å². The molecule has 104 valence electrons. The molecule has 1 saturated carbocycles. The van der Waals surface area contributed by atoms with Crippen LogP contribution in [0.2, 0.25) is 0 Å². The van der Waals surface area contributed by atoms with Crippen LogP contribution >= 0.6 is 11.3 Å². The predicted octanol–water partition coefficient (Wildman–Crippen LogP) is 3.65. The monoisotopic (exact) mass is 278 g/mol. The lowest BCUT2D eigenvalue weighted by Gasteiger charge is -2.26. The second-order valence-corrected chi connectivity index (χ2v) is 6.28. The fraction of sp³-hybridized carbons (Fsp3) is 0.600. The van der Waals surface area contributed by atoms with Gasteiger partial charge in [0.15, 0.2) is 0 Å². The SMILES string of the molecule is Cc1nc(/C=C/C(=O)N(C)C2CCCCCC2)cs1. The minimum absolute atomic E-state index is 0.0950. The van der Waals surface area contributed by atoms with Crippen LogP contribution in [0.1, 0.15) is 49.2 Å². The average molecular weight is 278 g/mol. The standard InChI is InChI=1S/C15H22N2OS/c1-12-16-13(11-19-12)9-10-15(18)17(2)14-7-5-3-4-6-8-14/h9-11,14H,3-8H2,1-2H3/b10-9+. The van der Waals surface area contributed by atoms with Gasteiger partial charge in [-0.3, -0.25) is 4.79 Å². The van der Waals surface area contributed by atoms with Crippen LogP contribution in [-0.2, 0) is 4.79 Å². The van der Waals surface area contributed by atoms with Crippen LogP contribution in [0.3, 0.4) is 0 Å². The van der Waals surface area contributed by atoms with Gasteiger partial charge in [0, 0.05) is 24.5 Å². The number of likely N-dealkylation sites (N-methyl/N-ethyl adjacent to an activating group) is 1. The molecule has 19 heavy (non-hydrogen) atoms. The number of thiazole rings is 1. The number of carbonyl (C=O) groups excluding carboxylic acids is 1. The minimum atomic E-state index is 0.0950. The smallest absolute Gasteiger partial charge is 0.246 e. The number of hydrogen-bond acceptors (Lipinski definition) is 3. The lowest BCUT2D eigenvalue weighted by atomic mass is 10.1. The van der Waals surface area contributed by atoms with Gasteiger partial charge in [-0.05, 0) is 25.8 Å². The molecule has 0 radical (unpaired) electrons. The van der Waals surface area contributed by atoms with E-state index in [1.54, 1.807) is 17.4 Å². The van der Waals surface area contributed by atoms with Gasteiger partial charge in [-0.15, -0.1) is 11.3 Å². The van der Waals surface area contributed by atoms with E-state index in [4.69, 9.17) is 0 Å². The van der Waals surface area contributed by atoms with Crippen molar-refractivity contribution in [3.63, 3.8) is 0 Å². The van der Waals surface area contributed by atoms with Gasteiger partial charge in [0.1, 0.15) is 0 Å². The van der Waals surface area contributed by atoms with E-state index in [0.717, 1.165) is 23.5 Å². The molecule has 0 aliphatic heterocycles. The lowest BCUT2D eigenvalue weighted by molar-refractivity contribution is -0.126. The number of hydrogen-bond donors (Lipinski definition) is 0. The van der Waals surface area contributed by atoms with Crippen LogP contribution < -0.4 is 0 Å². The Morgan fingerprint density at radius 3 is 2.63 bits per heavy atom. The summed E-state index contributed by atoms with van der Waals surface area (Å²) in [5.41, 5.74) is 0.880. The van der Waals surface area contributed by atoms with Crippen LogP contribution in [0.5, 0.6) is 0 Å². The van der Waals surface area contributed by atoms with E-state index < -0.39 is 0 Å². The highest BCUT2D eigenvalue weighted by molar-refractivity contribution is 7.09. The van der Waals surface area contributed by atoms with Crippen molar-refractivity contribution >= 4 is 23.3 Å². The summed E-state index contributed by atoms with van der Waals surface area (Å²) in [7, 11) is 1.93. The van der Waals surface area contributed by atoms with E-state index in [2.05, 4.69) is 4.98 Å². The lowest BCUT2D eigenvalue weighted by Crippen LogP contribution is -2.35. The highest BCUT2D eigenvalue weighted by Crippen LogP contribution is 2.21. The third kappa shape index (κ3) is 4.16. The van der Waals surface area contributed by atoms with E-state index in [0.29, 0.717) is 6.04 Å². The number of amides is 1. The van der Waals surface area contributed by atoms with E-state index in [9.17, 15) is 4.79 Å². The second-order valence-electron chi connectivity index (χ2n) is 5.22. The molecule has 2 rings (SSSR count). The van der Waals surface area contributed by atoms with Crippen LogP contribution in [-0.4, -0.2) is 28.9 Å². The third-order valence-corrected chi connectivity index (χ3v) is 4.55. The topological polar surface area (TPSA) is 33.2 Å². The molecule has 0 N–H and O–H groups in total. The Kier molecular flexibility index (Phi) is 5.14. The van der Waals surface area contributed by atoms with Crippen LogP contribution in [0.4, 0.5) is 0 Å². The molecule has 3 nitrogen and oxygen atoms in total. The van der Waals surface area contributed by atoms with Crippen molar-refractivity contribution < 1.29 is 4.79 Å². The van der Waals surface area contributed by atoms with Gasteiger partial charge in [0.05, 0.1) is 10.7 Å². The average Bonchev–Trinajstić information content (AvgIpc) is 2.67. The van der Waals surface area contributed by atoms with Crippen molar-refractivity contribution in [3.05, 3.63) is 22.2 Å². The maximum Gasteiger partial charge on any atom is 0.246 e. The normalized spacial score (nSPS) is 17.6. The number of nitrogens with zero attached hydrogens (tertiary/aromatic N) is 2. The molecule has 1 aromatic rings. The summed E-state index contributed by atoms with van der Waals surface area (Å²) >= 11 is 1.61. The third-order valence-electron chi connectivity index (χ3n) is 3.75. The number of aromatic nitrogens is 1. The van der Waals surface area contributed by atoms with Crippen LogP contribution in [0, 0.1) is 6.92 Å². The molecule has 0 atom stereocenters. The zero-order chi connectivity index (χ0) is 13.7. The molecule has 1 aromatic heterocycles. The Morgan fingerprint density at radius 2 is 2.05 bits per heavy atom. The maximum atomic E-state index is 12.1. The summed E-state index contributed by atoms with van der Waals surface area (Å²) in [5, 5.41) is 3.01. The van der Waals surface area contributed by atoms with E-state index >= 15 is 0 Å². The molecular weight excluding hydrogens is 256 g/mol. The summed E-state index contributed by atoms with van der Waals surface area (Å²) < 4.78 is 0. The maximum absolute atomic E-state index is 12.1. The summed E-state index contributed by atoms with van der Waals surface area (Å²) in [6, 6.07) is 0.414. The number of carbonyl (C=O) groups is 1. The second kappa shape index (κ2) is 6.85. The molecule has 0 aromatic carbocycles. The van der Waals surface area contributed by atoms with Crippen molar-refractivity contribution in [1.29, 1.82) is 0 Å². The van der Waals surface area contributed by atoms with Gasteiger partial charge in [-0.2, -0.15) is 0 Å². The van der Waals surface area contributed by atoms with Crippen molar-refractivity contribution in [2.24, 2.45) is 0 Å². The molecule has 0 saturated heterocycles. The molecule has 1 fully saturated rings. The first-order chi connectivity index (χ1) is 9.16. The number of aryl methyl sites for hydroxylation is 1. The Morgan fingerprint density at radius 1 is 1.37 bits per heavy atom. The predicted molar refractivity (Wildman–Crippen MR) is 80.1 cm³/mol. The molecule has 1 aliphatic rings. The minimum Gasteiger partial charge on any atom is -0.339 e. The number of rotatable bonds is 3. The largest absolute Gasteiger partial charge is 0.339 e. The molecule has 1 heterocycles. The summed E-state index contributed by atoms with van der Waals surface area (Å²) in [6.45, 7) is 1.97. The molecule has 1 amide bonds. The molecule has 4 heteroatoms. The van der Waals surface area contributed by atoms with E-state index in [-0.39, 0.29) is 5.91 Å². The van der Waals surface area contributed by atoms with E-state index in [1.165, 1.54) is 25.7 Å². The highest BCUT2D eigenvalue weighted by atomic mass is 32.1. The summed E-state index contributed by atoms with van der Waals surface area (Å²) in [4.78, 5) is 18.4. The van der Waals surface area contributed by atoms with Crippen LogP contribution in [0.25, 0.3) is 6.08 Å². The van der Waals surface area contributed by atoms with Crippen molar-refractivity contribution in [2.45, 2.75) is 51.5 Å². The van der Waals surface area contributed by atoms with Crippen molar-refractivity contribution in [1.82, 2.24) is 9.88 Å². The Bertz CT molecular complexity index is 445. The van der Waals surface area contributed by atoms with Gasteiger partial charge < -0.3 is 4.90 Å². The first-order valence-corrected chi connectivity index (χ1v) is 7.92. The Hall–Kier alpha value is -1.16. The highest BCUT2D eigenvalue weighted by Gasteiger charge is 2.19. The fourth-order valence-corrected chi connectivity index (χ4v) is 3.14. The molecule has 0 spiro atoms. The molecule has 0 unspecified atom stereocenters. The zero-order valence-electron chi connectivity index (χ0n) is 11.8. The summed E-state index contributed by atoms with van der Waals surface area (Å²) in [6.07, 6.45) is 10.9. The Labute approximate surface area is 119 Å². The zero-order valence-corrected chi connectivity index (χ0v) is 12.6. The first kappa shape index (κ1) is 14.3. The molecule has 0 bridgehead atoms. The molecular formula is C15H22N2OS. The quantitative estimate of drug-likeness (QED) is 0.624. The van der Waals surface area contributed by atoms with Gasteiger partial charge in [-0.25, -0.2) is 4.98 Å². The fourth-order valence-electron chi connectivity index (χ4n) is 2.56. The Balaban J connectivity index is 1.92. The van der Waals surface area contributed by atoms with Crippen molar-refractivity contribution in [3.8, 4) is 0 Å². The van der Waals surface area contributed by atoms with Gasteiger partial charge in [-0.1, -0.05) is 25.7 Å². The van der Waals surface area contributed by atoms with Crippen LogP contribution in [0.15, 0.2) is 11.5 Å². The first-order valence-electron chi connectivity index (χ1n) is 7.04. The summed E-state index contributed by atoms with van der Waals surface area (Å²) in [5.74, 6) is 0.0950.